The van der Waals surface area contributed by atoms with Crippen LogP contribution in [0, 0.1) is 5.92 Å². The SMILES string of the molecule is CCC1CCCN(C(=O)C2CC(O)CN2)CC1.Cl. The smallest absolute Gasteiger partial charge is 0.239 e. The van der Waals surface area contributed by atoms with Crippen molar-refractivity contribution in [3.05, 3.63) is 0 Å². The van der Waals surface area contributed by atoms with Gasteiger partial charge in [-0.15, -0.1) is 12.4 Å². The number of nitrogens with zero attached hydrogens (tertiary/aromatic N) is 1. The minimum Gasteiger partial charge on any atom is -0.392 e. The first-order chi connectivity index (χ1) is 8.20. The fourth-order valence-electron chi connectivity index (χ4n) is 2.92. The summed E-state index contributed by atoms with van der Waals surface area (Å²) in [4.78, 5) is 14.2. The van der Waals surface area contributed by atoms with Crippen molar-refractivity contribution < 1.29 is 9.90 Å². The molecule has 2 heterocycles. The number of β-amino-alcohol motifs (C(OH)–C–C–N with tert-alkyl or cyclic N) is 1. The number of halogens is 1. The van der Waals surface area contributed by atoms with Crippen LogP contribution in [0.1, 0.15) is 39.0 Å². The van der Waals surface area contributed by atoms with Crippen LogP contribution in [-0.4, -0.2) is 47.7 Å². The quantitative estimate of drug-likeness (QED) is 0.796. The van der Waals surface area contributed by atoms with E-state index in [0.29, 0.717) is 13.0 Å². The first-order valence-electron chi connectivity index (χ1n) is 6.91. The first kappa shape index (κ1) is 15.7. The van der Waals surface area contributed by atoms with E-state index >= 15 is 0 Å². The zero-order valence-electron chi connectivity index (χ0n) is 11.1. The van der Waals surface area contributed by atoms with Crippen molar-refractivity contribution in [2.24, 2.45) is 5.92 Å². The van der Waals surface area contributed by atoms with Crippen molar-refractivity contribution in [3.8, 4) is 0 Å². The van der Waals surface area contributed by atoms with Crippen LogP contribution in [0.15, 0.2) is 0 Å². The number of aliphatic hydroxyl groups is 1. The molecule has 2 saturated heterocycles. The van der Waals surface area contributed by atoms with Gasteiger partial charge in [0.05, 0.1) is 12.1 Å². The predicted molar refractivity (Wildman–Crippen MR) is 73.9 cm³/mol. The van der Waals surface area contributed by atoms with E-state index in [9.17, 15) is 9.90 Å². The molecule has 0 bridgehead atoms. The van der Waals surface area contributed by atoms with Crippen molar-refractivity contribution in [2.45, 2.75) is 51.2 Å². The highest BCUT2D eigenvalue weighted by Crippen LogP contribution is 2.21. The van der Waals surface area contributed by atoms with Gasteiger partial charge in [-0.2, -0.15) is 0 Å². The monoisotopic (exact) mass is 276 g/mol. The topological polar surface area (TPSA) is 52.6 Å². The average molecular weight is 277 g/mol. The number of amides is 1. The van der Waals surface area contributed by atoms with Crippen molar-refractivity contribution in [3.63, 3.8) is 0 Å². The first-order valence-corrected chi connectivity index (χ1v) is 6.91. The molecule has 1 amide bonds. The molecule has 106 valence electrons. The number of nitrogens with one attached hydrogen (secondary N) is 1. The van der Waals surface area contributed by atoms with Crippen LogP contribution >= 0.6 is 12.4 Å². The highest BCUT2D eigenvalue weighted by Gasteiger charge is 2.31. The predicted octanol–water partition coefficient (Wildman–Crippen LogP) is 1.17. The number of carbonyl (C=O) groups is 1. The van der Waals surface area contributed by atoms with Gasteiger partial charge in [-0.3, -0.25) is 4.79 Å². The van der Waals surface area contributed by atoms with Crippen LogP contribution in [0.2, 0.25) is 0 Å². The van der Waals surface area contributed by atoms with Gasteiger partial charge in [-0.25, -0.2) is 0 Å². The number of carbonyl (C=O) groups excluding carboxylic acids is 1. The summed E-state index contributed by atoms with van der Waals surface area (Å²) in [6.07, 6.45) is 4.96. The number of likely N-dealkylation sites (tertiary alicyclic amines) is 1. The lowest BCUT2D eigenvalue weighted by Gasteiger charge is -2.24. The maximum Gasteiger partial charge on any atom is 0.239 e. The Morgan fingerprint density at radius 2 is 2.17 bits per heavy atom. The van der Waals surface area contributed by atoms with Gasteiger partial charge in [0.15, 0.2) is 0 Å². The fourth-order valence-corrected chi connectivity index (χ4v) is 2.92. The third kappa shape index (κ3) is 3.84. The van der Waals surface area contributed by atoms with Gasteiger partial charge in [0.2, 0.25) is 5.91 Å². The fraction of sp³-hybridized carbons (Fsp3) is 0.923. The van der Waals surface area contributed by atoms with E-state index in [-0.39, 0.29) is 30.5 Å². The molecule has 5 heteroatoms. The Morgan fingerprint density at radius 3 is 2.78 bits per heavy atom. The highest BCUT2D eigenvalue weighted by atomic mass is 35.5. The number of hydrogen-bond donors (Lipinski definition) is 2. The van der Waals surface area contributed by atoms with Crippen LogP contribution in [0.25, 0.3) is 0 Å². The Kier molecular flexibility index (Phi) is 6.39. The van der Waals surface area contributed by atoms with Crippen LogP contribution in [0.5, 0.6) is 0 Å². The largest absolute Gasteiger partial charge is 0.392 e. The molecule has 0 saturated carbocycles. The molecule has 3 unspecified atom stereocenters. The molecule has 2 N–H and O–H groups in total. The summed E-state index contributed by atoms with van der Waals surface area (Å²) in [6.45, 7) is 4.58. The number of hydrogen-bond acceptors (Lipinski definition) is 3. The molecule has 0 aromatic heterocycles. The zero-order valence-corrected chi connectivity index (χ0v) is 11.9. The maximum atomic E-state index is 12.2. The second-order valence-corrected chi connectivity index (χ2v) is 5.38. The lowest BCUT2D eigenvalue weighted by Crippen LogP contribution is -2.44. The van der Waals surface area contributed by atoms with Gasteiger partial charge >= 0.3 is 0 Å². The van der Waals surface area contributed by atoms with Crippen molar-refractivity contribution in [1.82, 2.24) is 10.2 Å². The third-order valence-electron chi connectivity index (χ3n) is 4.14. The summed E-state index contributed by atoms with van der Waals surface area (Å²) in [5, 5.41) is 12.6. The molecule has 18 heavy (non-hydrogen) atoms. The molecule has 0 spiro atoms. The van der Waals surface area contributed by atoms with Gasteiger partial charge in [-0.05, 0) is 31.6 Å². The maximum absolute atomic E-state index is 12.2. The molecule has 0 aliphatic carbocycles. The summed E-state index contributed by atoms with van der Waals surface area (Å²) in [5.74, 6) is 0.980. The summed E-state index contributed by atoms with van der Waals surface area (Å²) in [5.41, 5.74) is 0. The Bertz CT molecular complexity index is 276. The van der Waals surface area contributed by atoms with Crippen LogP contribution in [0.3, 0.4) is 0 Å². The van der Waals surface area contributed by atoms with E-state index in [0.717, 1.165) is 31.8 Å². The van der Waals surface area contributed by atoms with Crippen molar-refractivity contribution >= 4 is 18.3 Å². The highest BCUT2D eigenvalue weighted by molar-refractivity contribution is 5.85. The molecule has 0 radical (unpaired) electrons. The Labute approximate surface area is 116 Å². The zero-order chi connectivity index (χ0) is 12.3. The standard InChI is InChI=1S/C13H24N2O2.ClH/c1-2-10-4-3-6-15(7-5-10)13(17)12-8-11(16)9-14-12;/h10-12,14,16H,2-9H2,1H3;1H. The lowest BCUT2D eigenvalue weighted by atomic mass is 9.98. The molecule has 2 rings (SSSR count). The minimum atomic E-state index is -0.348. The Balaban J connectivity index is 0.00000162. The van der Waals surface area contributed by atoms with Crippen molar-refractivity contribution in [1.29, 1.82) is 0 Å². The molecular formula is C13H25ClN2O2. The van der Waals surface area contributed by atoms with Gasteiger partial charge < -0.3 is 15.3 Å². The van der Waals surface area contributed by atoms with Crippen LogP contribution in [-0.2, 0) is 4.79 Å². The lowest BCUT2D eigenvalue weighted by molar-refractivity contribution is -0.133. The molecule has 2 aliphatic heterocycles. The van der Waals surface area contributed by atoms with Gasteiger partial charge in [-0.1, -0.05) is 13.3 Å². The summed E-state index contributed by atoms with van der Waals surface area (Å²) >= 11 is 0. The van der Waals surface area contributed by atoms with E-state index in [1.54, 1.807) is 0 Å². The third-order valence-corrected chi connectivity index (χ3v) is 4.14. The van der Waals surface area contributed by atoms with E-state index in [1.807, 2.05) is 4.90 Å². The number of rotatable bonds is 2. The second-order valence-electron chi connectivity index (χ2n) is 5.38. The number of aliphatic hydroxyl groups excluding tert-OH is 1. The Hall–Kier alpha value is -0.320. The Morgan fingerprint density at radius 1 is 1.39 bits per heavy atom. The van der Waals surface area contributed by atoms with Crippen LogP contribution < -0.4 is 5.32 Å². The normalized spacial score (nSPS) is 32.8. The molecule has 2 aliphatic rings. The van der Waals surface area contributed by atoms with Gasteiger partial charge in [0.1, 0.15) is 0 Å². The summed E-state index contributed by atoms with van der Waals surface area (Å²) in [6, 6.07) is -0.150. The molecule has 0 aromatic rings. The van der Waals surface area contributed by atoms with E-state index in [1.165, 1.54) is 12.8 Å². The van der Waals surface area contributed by atoms with Gasteiger partial charge in [0.25, 0.3) is 0 Å². The average Bonchev–Trinajstić information content (AvgIpc) is 2.64. The van der Waals surface area contributed by atoms with Crippen molar-refractivity contribution in [2.75, 3.05) is 19.6 Å². The van der Waals surface area contributed by atoms with Gasteiger partial charge in [0, 0.05) is 19.6 Å². The summed E-state index contributed by atoms with van der Waals surface area (Å²) < 4.78 is 0. The molecule has 0 aromatic carbocycles. The molecule has 3 atom stereocenters. The van der Waals surface area contributed by atoms with E-state index < -0.39 is 0 Å². The molecular weight excluding hydrogens is 252 g/mol. The van der Waals surface area contributed by atoms with E-state index in [4.69, 9.17) is 0 Å². The molecule has 2 fully saturated rings. The minimum absolute atomic E-state index is 0. The summed E-state index contributed by atoms with van der Waals surface area (Å²) in [7, 11) is 0. The molecule has 4 nitrogen and oxygen atoms in total. The van der Waals surface area contributed by atoms with Crippen LogP contribution in [0.4, 0.5) is 0 Å². The van der Waals surface area contributed by atoms with E-state index in [2.05, 4.69) is 12.2 Å². The second kappa shape index (κ2) is 7.31.